The summed E-state index contributed by atoms with van der Waals surface area (Å²) in [4.78, 5) is 7.36. The standard InChI is InChI=1S/C20H24ClN3S2/c1-12-18-20(26-19(12)14-7-3-2-4-8-15(14)22)16(10-17(21)24-18)23-11-13-6-5-9-25-13/h5-6,9-10,14-15H,2-4,7-8,11,22H2,1H3,(H,23,24)/t14-,15+/m1/s1. The van der Waals surface area contributed by atoms with E-state index in [0.717, 1.165) is 24.2 Å². The van der Waals surface area contributed by atoms with Gasteiger partial charge in [-0.15, -0.1) is 22.7 Å². The van der Waals surface area contributed by atoms with Gasteiger partial charge in [-0.05, 0) is 36.8 Å². The Morgan fingerprint density at radius 3 is 2.96 bits per heavy atom. The summed E-state index contributed by atoms with van der Waals surface area (Å²) < 4.78 is 1.20. The van der Waals surface area contributed by atoms with Gasteiger partial charge in [0.1, 0.15) is 5.15 Å². The van der Waals surface area contributed by atoms with E-state index in [-0.39, 0.29) is 6.04 Å². The molecule has 3 nitrogen and oxygen atoms in total. The second kappa shape index (κ2) is 7.85. The SMILES string of the molecule is Cc1c([C@@H]2CCCCC[C@@H]2N)sc2c(NCc3cccs3)cc(Cl)nc12. The third-order valence-electron chi connectivity index (χ3n) is 5.32. The van der Waals surface area contributed by atoms with Crippen LogP contribution in [0, 0.1) is 6.92 Å². The average molecular weight is 406 g/mol. The van der Waals surface area contributed by atoms with Crippen LogP contribution in [0.5, 0.6) is 0 Å². The Morgan fingerprint density at radius 1 is 1.31 bits per heavy atom. The topological polar surface area (TPSA) is 50.9 Å². The molecule has 0 aromatic carbocycles. The Labute approximate surface area is 167 Å². The van der Waals surface area contributed by atoms with E-state index in [1.807, 2.05) is 17.4 Å². The van der Waals surface area contributed by atoms with Crippen LogP contribution in [0.4, 0.5) is 5.69 Å². The van der Waals surface area contributed by atoms with Crippen LogP contribution in [0.25, 0.3) is 10.2 Å². The smallest absolute Gasteiger partial charge is 0.131 e. The van der Waals surface area contributed by atoms with Crippen LogP contribution in [0.15, 0.2) is 23.6 Å². The maximum atomic E-state index is 6.54. The number of hydrogen-bond donors (Lipinski definition) is 2. The first-order valence-electron chi connectivity index (χ1n) is 9.25. The van der Waals surface area contributed by atoms with Crippen LogP contribution in [-0.4, -0.2) is 11.0 Å². The zero-order chi connectivity index (χ0) is 18.1. The molecule has 1 fully saturated rings. The molecule has 3 aromatic heterocycles. The van der Waals surface area contributed by atoms with Gasteiger partial charge in [-0.1, -0.05) is 36.9 Å². The minimum absolute atomic E-state index is 0.252. The number of nitrogens with zero attached hydrogens (tertiary/aromatic N) is 1. The molecule has 0 bridgehead atoms. The molecular formula is C20H24ClN3S2. The Kier molecular flexibility index (Phi) is 5.50. The second-order valence-corrected chi connectivity index (χ2v) is 9.57. The molecule has 1 aliphatic carbocycles. The molecule has 1 saturated carbocycles. The number of anilines is 1. The quantitative estimate of drug-likeness (QED) is 0.395. The average Bonchev–Trinajstić information content (AvgIpc) is 3.19. The first-order valence-corrected chi connectivity index (χ1v) is 11.3. The zero-order valence-electron chi connectivity index (χ0n) is 14.9. The minimum Gasteiger partial charge on any atom is -0.379 e. The van der Waals surface area contributed by atoms with Gasteiger partial charge >= 0.3 is 0 Å². The molecule has 0 spiro atoms. The molecule has 2 atom stereocenters. The summed E-state index contributed by atoms with van der Waals surface area (Å²) >= 11 is 9.95. The number of pyridine rings is 1. The van der Waals surface area contributed by atoms with E-state index in [2.05, 4.69) is 34.7 Å². The van der Waals surface area contributed by atoms with Gasteiger partial charge in [0.2, 0.25) is 0 Å². The lowest BCUT2D eigenvalue weighted by molar-refractivity contribution is 0.510. The van der Waals surface area contributed by atoms with Crippen LogP contribution in [0.1, 0.15) is 53.3 Å². The Hall–Kier alpha value is -1.14. The molecule has 6 heteroatoms. The normalized spacial score (nSPS) is 21.0. The summed E-state index contributed by atoms with van der Waals surface area (Å²) in [6.45, 7) is 2.99. The fourth-order valence-electron chi connectivity index (χ4n) is 3.91. The van der Waals surface area contributed by atoms with Crippen molar-refractivity contribution in [3.8, 4) is 0 Å². The molecule has 3 heterocycles. The Bertz CT molecular complexity index is 888. The molecule has 3 N–H and O–H groups in total. The predicted octanol–water partition coefficient (Wildman–Crippen LogP) is 6.31. The van der Waals surface area contributed by atoms with Gasteiger partial charge in [0, 0.05) is 34.3 Å². The first-order chi connectivity index (χ1) is 12.6. The maximum Gasteiger partial charge on any atom is 0.131 e. The van der Waals surface area contributed by atoms with E-state index in [9.17, 15) is 0 Å². The fraction of sp³-hybridized carbons (Fsp3) is 0.450. The number of aromatic nitrogens is 1. The highest BCUT2D eigenvalue weighted by atomic mass is 35.5. The Morgan fingerprint density at radius 2 is 2.15 bits per heavy atom. The van der Waals surface area contributed by atoms with E-state index in [4.69, 9.17) is 17.3 Å². The molecule has 0 aliphatic heterocycles. The number of hydrogen-bond acceptors (Lipinski definition) is 5. The number of nitrogens with one attached hydrogen (secondary N) is 1. The van der Waals surface area contributed by atoms with E-state index >= 15 is 0 Å². The maximum absolute atomic E-state index is 6.54. The van der Waals surface area contributed by atoms with Gasteiger partial charge < -0.3 is 11.1 Å². The lowest BCUT2D eigenvalue weighted by Gasteiger charge is -2.20. The van der Waals surface area contributed by atoms with Crippen LogP contribution in [0.3, 0.4) is 0 Å². The van der Waals surface area contributed by atoms with Crippen molar-refractivity contribution in [2.24, 2.45) is 5.73 Å². The third kappa shape index (κ3) is 3.63. The summed E-state index contributed by atoms with van der Waals surface area (Å²) in [5.74, 6) is 0.445. The van der Waals surface area contributed by atoms with E-state index in [0.29, 0.717) is 11.1 Å². The molecule has 0 amide bonds. The molecular weight excluding hydrogens is 382 g/mol. The highest BCUT2D eigenvalue weighted by molar-refractivity contribution is 7.20. The summed E-state index contributed by atoms with van der Waals surface area (Å²) in [6, 6.07) is 6.43. The van der Waals surface area contributed by atoms with Gasteiger partial charge in [0.25, 0.3) is 0 Å². The van der Waals surface area contributed by atoms with Gasteiger partial charge in [-0.3, -0.25) is 0 Å². The van der Waals surface area contributed by atoms with E-state index < -0.39 is 0 Å². The predicted molar refractivity (Wildman–Crippen MR) is 115 cm³/mol. The van der Waals surface area contributed by atoms with Crippen LogP contribution < -0.4 is 11.1 Å². The van der Waals surface area contributed by atoms with Gasteiger partial charge in [0.05, 0.1) is 15.9 Å². The van der Waals surface area contributed by atoms with Crippen molar-refractivity contribution in [1.29, 1.82) is 0 Å². The van der Waals surface area contributed by atoms with Crippen molar-refractivity contribution < 1.29 is 0 Å². The van der Waals surface area contributed by atoms with Crippen LogP contribution in [-0.2, 0) is 6.54 Å². The number of nitrogens with two attached hydrogens (primary N) is 1. The highest BCUT2D eigenvalue weighted by Gasteiger charge is 2.27. The molecule has 4 rings (SSSR count). The number of rotatable bonds is 4. The number of fused-ring (bicyclic) bond motifs is 1. The monoisotopic (exact) mass is 405 g/mol. The summed E-state index contributed by atoms with van der Waals surface area (Å²) in [5.41, 5.74) is 9.91. The largest absolute Gasteiger partial charge is 0.379 e. The van der Waals surface area contributed by atoms with E-state index in [1.54, 1.807) is 11.3 Å². The Balaban J connectivity index is 1.72. The van der Waals surface area contributed by atoms with Crippen LogP contribution in [0.2, 0.25) is 5.15 Å². The molecule has 138 valence electrons. The summed E-state index contributed by atoms with van der Waals surface area (Å²) in [6.07, 6.45) is 6.12. The van der Waals surface area contributed by atoms with Crippen molar-refractivity contribution in [2.75, 3.05) is 5.32 Å². The highest BCUT2D eigenvalue weighted by Crippen LogP contribution is 2.43. The zero-order valence-corrected chi connectivity index (χ0v) is 17.3. The van der Waals surface area contributed by atoms with Crippen molar-refractivity contribution in [1.82, 2.24) is 4.98 Å². The molecule has 1 aliphatic rings. The molecule has 0 unspecified atom stereocenters. The summed E-state index contributed by atoms with van der Waals surface area (Å²) in [5, 5.41) is 6.21. The number of thiophene rings is 2. The summed E-state index contributed by atoms with van der Waals surface area (Å²) in [7, 11) is 0. The minimum atomic E-state index is 0.252. The van der Waals surface area contributed by atoms with Crippen LogP contribution >= 0.6 is 34.3 Å². The third-order valence-corrected chi connectivity index (χ3v) is 7.83. The molecule has 0 saturated heterocycles. The second-order valence-electron chi connectivity index (χ2n) is 7.10. The number of aryl methyl sites for hydroxylation is 1. The molecule has 26 heavy (non-hydrogen) atoms. The van der Waals surface area contributed by atoms with E-state index in [1.165, 1.54) is 45.7 Å². The van der Waals surface area contributed by atoms with Crippen molar-refractivity contribution in [3.05, 3.63) is 44.1 Å². The van der Waals surface area contributed by atoms with Crippen molar-refractivity contribution in [2.45, 2.75) is 57.5 Å². The molecule has 3 aromatic rings. The van der Waals surface area contributed by atoms with Crippen molar-refractivity contribution in [3.63, 3.8) is 0 Å². The molecule has 0 radical (unpaired) electrons. The lowest BCUT2D eigenvalue weighted by atomic mass is 9.92. The van der Waals surface area contributed by atoms with Gasteiger partial charge in [-0.2, -0.15) is 0 Å². The number of halogens is 1. The van der Waals surface area contributed by atoms with Gasteiger partial charge in [0.15, 0.2) is 0 Å². The van der Waals surface area contributed by atoms with Gasteiger partial charge in [-0.25, -0.2) is 4.98 Å². The fourth-order valence-corrected chi connectivity index (χ4v) is 6.19. The van der Waals surface area contributed by atoms with Crippen molar-refractivity contribution >= 4 is 50.2 Å². The lowest BCUT2D eigenvalue weighted by Crippen LogP contribution is -2.27. The first kappa shape index (κ1) is 18.2.